The molecule has 0 radical (unpaired) electrons. The van der Waals surface area contributed by atoms with E-state index in [2.05, 4.69) is 253 Å². The van der Waals surface area contributed by atoms with E-state index in [1.165, 1.54) is 80.3 Å². The predicted molar refractivity (Wildman–Crippen MR) is 269 cm³/mol. The molecule has 10 aromatic carbocycles. The molecule has 0 atom stereocenters. The van der Waals surface area contributed by atoms with Crippen molar-refractivity contribution in [1.82, 2.24) is 9.38 Å². The SMILES string of the molecule is [Se]=P(c1ccc2ccccc2c1)(c1ccc2ccccc2c1)c1ccc2c(c1)nc1c3c4ccccc4ccc3c3ccc(P(=[Se])(c4ccccc4)c4ccccc4)cc3n21. The summed E-state index contributed by atoms with van der Waals surface area (Å²) >= 11 is 7.69. The first-order valence-electron chi connectivity index (χ1n) is 20.5. The minimum atomic E-state index is -2.29. The molecule has 2 heterocycles. The van der Waals surface area contributed by atoms with E-state index in [0.29, 0.717) is 0 Å². The number of pyridine rings is 1. The van der Waals surface area contributed by atoms with Crippen molar-refractivity contribution in [2.45, 2.75) is 0 Å². The van der Waals surface area contributed by atoms with Gasteiger partial charge in [0.1, 0.15) is 0 Å². The van der Waals surface area contributed by atoms with Crippen molar-refractivity contribution >= 4 is 144 Å². The maximum atomic E-state index is 5.68. The van der Waals surface area contributed by atoms with E-state index < -0.39 is 11.0 Å². The topological polar surface area (TPSA) is 17.3 Å². The summed E-state index contributed by atoms with van der Waals surface area (Å²) in [6, 6.07) is 80.9. The zero-order chi connectivity index (χ0) is 40.7. The number of fused-ring (bicyclic) bond motifs is 12. The molecule has 2 nitrogen and oxygen atoms in total. The van der Waals surface area contributed by atoms with Gasteiger partial charge in [0, 0.05) is 0 Å². The van der Waals surface area contributed by atoms with Crippen molar-refractivity contribution in [2.75, 3.05) is 0 Å². The monoisotopic (exact) mass is 946 g/mol. The summed E-state index contributed by atoms with van der Waals surface area (Å²) in [6.07, 6.45) is 0. The molecule has 0 N–H and O–H groups in total. The van der Waals surface area contributed by atoms with Gasteiger partial charge in [-0.1, -0.05) is 0 Å². The molecular formula is C55H36N2P2Se2. The molecule has 12 aromatic rings. The van der Waals surface area contributed by atoms with E-state index in [9.17, 15) is 0 Å². The Bertz CT molecular complexity index is 3710. The molecule has 0 unspecified atom stereocenters. The van der Waals surface area contributed by atoms with E-state index in [1.54, 1.807) is 0 Å². The summed E-state index contributed by atoms with van der Waals surface area (Å²) in [7, 11) is 0. The zero-order valence-corrected chi connectivity index (χ0v) is 38.1. The van der Waals surface area contributed by atoms with Crippen LogP contribution in [0.1, 0.15) is 0 Å². The summed E-state index contributed by atoms with van der Waals surface area (Å²) in [5.41, 5.74) is -0.208. The van der Waals surface area contributed by atoms with Crippen molar-refractivity contribution in [2.24, 2.45) is 0 Å². The molecule has 61 heavy (non-hydrogen) atoms. The van der Waals surface area contributed by atoms with Crippen molar-refractivity contribution in [3.8, 4) is 0 Å². The standard InChI is InChI=1S/C55H36N2P2Se2/c60-58(42-18-3-1-4-19-42,43-20-5-2-6-21-43)47-28-31-49-50-30-25-39-15-11-12-22-48(39)54(50)55-56-51-35-46(29-32-52(51)57(55)53(49)36-47)59(61,44-26-23-37-13-7-9-16-40(37)33-44)45-27-24-38-14-8-10-17-41(38)34-45/h1-36H. The molecule has 0 fully saturated rings. The summed E-state index contributed by atoms with van der Waals surface area (Å²) in [5, 5.41) is 18.8. The normalized spacial score (nSPS) is 12.4. The van der Waals surface area contributed by atoms with E-state index >= 15 is 0 Å². The second-order valence-corrected chi connectivity index (χ2v) is 28.2. The van der Waals surface area contributed by atoms with E-state index in [1.807, 2.05) is 0 Å². The first-order chi connectivity index (χ1) is 30.0. The van der Waals surface area contributed by atoms with Crippen LogP contribution in [0.4, 0.5) is 0 Å². The van der Waals surface area contributed by atoms with Crippen LogP contribution in [0.15, 0.2) is 218 Å². The van der Waals surface area contributed by atoms with Crippen LogP contribution in [0, 0.1) is 0 Å². The number of imidazole rings is 1. The fourth-order valence-corrected chi connectivity index (χ4v) is 19.2. The van der Waals surface area contributed by atoms with Gasteiger partial charge < -0.3 is 0 Å². The molecule has 0 aliphatic rings. The molecule has 0 bridgehead atoms. The first-order valence-corrected chi connectivity index (χ1v) is 28.5. The Hall–Kier alpha value is -5.65. The van der Waals surface area contributed by atoms with E-state index in [-0.39, 0.29) is 0 Å². The van der Waals surface area contributed by atoms with Gasteiger partial charge in [0.25, 0.3) is 0 Å². The Balaban J connectivity index is 1.17. The summed E-state index contributed by atoms with van der Waals surface area (Å²) in [4.78, 5) is 5.68. The molecule has 0 aliphatic carbocycles. The van der Waals surface area contributed by atoms with Crippen LogP contribution in [-0.4, -0.2) is 39.6 Å². The van der Waals surface area contributed by atoms with Gasteiger partial charge in [0.15, 0.2) is 0 Å². The van der Waals surface area contributed by atoms with Crippen LogP contribution >= 0.6 is 11.0 Å². The third-order valence-corrected chi connectivity index (χ3v) is 26.5. The Labute approximate surface area is 369 Å². The summed E-state index contributed by atoms with van der Waals surface area (Å²) in [6.45, 7) is 0. The Morgan fingerprint density at radius 3 is 1.43 bits per heavy atom. The quantitative estimate of drug-likeness (QED) is 0.0922. The minimum absolute atomic E-state index is 0.979. The van der Waals surface area contributed by atoms with Gasteiger partial charge in [-0.15, -0.1) is 0 Å². The Kier molecular flexibility index (Phi) is 8.82. The van der Waals surface area contributed by atoms with Gasteiger partial charge in [-0.05, 0) is 0 Å². The van der Waals surface area contributed by atoms with Gasteiger partial charge in [0.2, 0.25) is 0 Å². The van der Waals surface area contributed by atoms with Crippen LogP contribution in [-0.2, 0) is 0 Å². The first kappa shape index (κ1) is 37.1. The number of hydrogen-bond donors (Lipinski definition) is 0. The summed E-state index contributed by atoms with van der Waals surface area (Å²) < 4.78 is 2.44. The Morgan fingerprint density at radius 2 is 0.787 bits per heavy atom. The average Bonchev–Trinajstić information content (AvgIpc) is 3.72. The molecule has 6 heteroatoms. The van der Waals surface area contributed by atoms with Gasteiger partial charge in [-0.3, -0.25) is 0 Å². The van der Waals surface area contributed by atoms with Gasteiger partial charge in [0.05, 0.1) is 0 Å². The number of aromatic nitrogens is 2. The summed E-state index contributed by atoms with van der Waals surface area (Å²) in [5.74, 6) is 0. The number of rotatable bonds is 6. The average molecular weight is 945 g/mol. The van der Waals surface area contributed by atoms with Crippen LogP contribution in [0.5, 0.6) is 0 Å². The zero-order valence-electron chi connectivity index (χ0n) is 32.9. The number of nitrogens with zero attached hydrogens (tertiary/aromatic N) is 2. The molecule has 0 aliphatic heterocycles. The Morgan fingerprint density at radius 1 is 0.328 bits per heavy atom. The second kappa shape index (κ2) is 14.5. The second-order valence-electron chi connectivity index (χ2n) is 15.8. The van der Waals surface area contributed by atoms with Crippen molar-refractivity contribution in [1.29, 1.82) is 0 Å². The van der Waals surface area contributed by atoms with Crippen LogP contribution < -0.4 is 31.8 Å². The number of benzene rings is 10. The van der Waals surface area contributed by atoms with Gasteiger partial charge in [-0.25, -0.2) is 0 Å². The van der Waals surface area contributed by atoms with Gasteiger partial charge in [-0.2, -0.15) is 0 Å². The fourth-order valence-electron chi connectivity index (χ4n) is 9.46. The van der Waals surface area contributed by atoms with E-state index in [4.69, 9.17) is 4.98 Å². The van der Waals surface area contributed by atoms with E-state index in [0.717, 1.165) is 22.2 Å². The number of hydrogen-bond acceptors (Lipinski definition) is 1. The molecule has 0 amide bonds. The van der Waals surface area contributed by atoms with Crippen molar-refractivity contribution in [3.05, 3.63) is 218 Å². The maximum absolute atomic E-state index is 5.68. The molecule has 2 aromatic heterocycles. The van der Waals surface area contributed by atoms with Crippen LogP contribution in [0.25, 0.3) is 70.7 Å². The molecule has 0 saturated heterocycles. The van der Waals surface area contributed by atoms with Gasteiger partial charge >= 0.3 is 371 Å². The van der Waals surface area contributed by atoms with Crippen molar-refractivity contribution < 1.29 is 0 Å². The van der Waals surface area contributed by atoms with Crippen LogP contribution in [0.3, 0.4) is 0 Å². The molecular weight excluding hydrogens is 908 g/mol. The fraction of sp³-hybridized carbons (Fsp3) is 0. The molecule has 0 saturated carbocycles. The molecule has 288 valence electrons. The van der Waals surface area contributed by atoms with Crippen LogP contribution in [0.2, 0.25) is 0 Å². The van der Waals surface area contributed by atoms with Crippen molar-refractivity contribution in [3.63, 3.8) is 0 Å². The third-order valence-electron chi connectivity index (χ3n) is 12.5. The third kappa shape index (κ3) is 5.79. The molecule has 12 rings (SSSR count). The molecule has 0 spiro atoms. The predicted octanol–water partition coefficient (Wildman–Crippen LogP) is 11.0.